The monoisotopic (exact) mass is 225 g/mol. The SMILES string of the molecule is COc1ccccc1Nc1cccnc1C#N. The third-order valence-electron chi connectivity index (χ3n) is 2.29. The van der Waals surface area contributed by atoms with Gasteiger partial charge in [-0.05, 0) is 24.3 Å². The minimum absolute atomic E-state index is 0.360. The van der Waals surface area contributed by atoms with Crippen molar-refractivity contribution in [3.8, 4) is 11.8 Å². The van der Waals surface area contributed by atoms with Crippen LogP contribution in [0.1, 0.15) is 5.69 Å². The van der Waals surface area contributed by atoms with Gasteiger partial charge in [-0.25, -0.2) is 4.98 Å². The highest BCUT2D eigenvalue weighted by molar-refractivity contribution is 5.69. The lowest BCUT2D eigenvalue weighted by molar-refractivity contribution is 0.417. The summed E-state index contributed by atoms with van der Waals surface area (Å²) in [6.07, 6.45) is 1.59. The van der Waals surface area contributed by atoms with E-state index in [1.54, 1.807) is 25.4 Å². The number of ether oxygens (including phenoxy) is 1. The van der Waals surface area contributed by atoms with Gasteiger partial charge in [0.15, 0.2) is 5.69 Å². The molecule has 17 heavy (non-hydrogen) atoms. The third kappa shape index (κ3) is 2.34. The lowest BCUT2D eigenvalue weighted by atomic mass is 10.2. The Balaban J connectivity index is 2.35. The molecule has 0 unspecified atom stereocenters. The summed E-state index contributed by atoms with van der Waals surface area (Å²) < 4.78 is 5.23. The Hall–Kier alpha value is -2.54. The molecule has 1 aromatic carbocycles. The minimum atomic E-state index is 0.360. The number of rotatable bonds is 3. The van der Waals surface area contributed by atoms with E-state index in [9.17, 15) is 0 Å². The lowest BCUT2D eigenvalue weighted by Gasteiger charge is -2.11. The Morgan fingerprint density at radius 3 is 2.71 bits per heavy atom. The molecule has 0 atom stereocenters. The van der Waals surface area contributed by atoms with E-state index in [1.165, 1.54) is 0 Å². The molecule has 4 nitrogen and oxygen atoms in total. The summed E-state index contributed by atoms with van der Waals surface area (Å²) in [6, 6.07) is 13.1. The molecule has 0 saturated carbocycles. The van der Waals surface area contributed by atoms with Gasteiger partial charge in [0.05, 0.1) is 18.5 Å². The van der Waals surface area contributed by atoms with Crippen LogP contribution in [0.15, 0.2) is 42.6 Å². The van der Waals surface area contributed by atoms with E-state index in [1.807, 2.05) is 30.3 Å². The zero-order valence-electron chi connectivity index (χ0n) is 9.34. The van der Waals surface area contributed by atoms with Crippen LogP contribution in [0.4, 0.5) is 11.4 Å². The molecule has 4 heteroatoms. The molecule has 0 spiro atoms. The molecule has 2 rings (SSSR count). The number of nitrogens with one attached hydrogen (secondary N) is 1. The van der Waals surface area contributed by atoms with Gasteiger partial charge >= 0.3 is 0 Å². The van der Waals surface area contributed by atoms with Crippen LogP contribution < -0.4 is 10.1 Å². The Morgan fingerprint density at radius 2 is 1.94 bits per heavy atom. The van der Waals surface area contributed by atoms with E-state index < -0.39 is 0 Å². The fourth-order valence-corrected chi connectivity index (χ4v) is 1.49. The number of aromatic nitrogens is 1. The van der Waals surface area contributed by atoms with Crippen molar-refractivity contribution in [1.29, 1.82) is 5.26 Å². The van der Waals surface area contributed by atoms with Crippen LogP contribution in [-0.2, 0) is 0 Å². The van der Waals surface area contributed by atoms with E-state index in [0.29, 0.717) is 11.4 Å². The second-order valence-corrected chi connectivity index (χ2v) is 3.34. The van der Waals surface area contributed by atoms with E-state index in [2.05, 4.69) is 10.3 Å². The van der Waals surface area contributed by atoms with Gasteiger partial charge in [0.25, 0.3) is 0 Å². The third-order valence-corrected chi connectivity index (χ3v) is 2.29. The van der Waals surface area contributed by atoms with E-state index in [-0.39, 0.29) is 0 Å². The summed E-state index contributed by atoms with van der Waals surface area (Å²) in [6.45, 7) is 0. The Bertz CT molecular complexity index is 561. The normalized spacial score (nSPS) is 9.41. The maximum atomic E-state index is 8.94. The summed E-state index contributed by atoms with van der Waals surface area (Å²) in [5, 5.41) is 12.1. The fourth-order valence-electron chi connectivity index (χ4n) is 1.49. The van der Waals surface area contributed by atoms with E-state index in [4.69, 9.17) is 10.00 Å². The Labute approximate surface area is 99.5 Å². The number of nitrogens with zero attached hydrogens (tertiary/aromatic N) is 2. The first kappa shape index (κ1) is 11.0. The number of para-hydroxylation sites is 2. The number of hydrogen-bond donors (Lipinski definition) is 1. The molecular weight excluding hydrogens is 214 g/mol. The molecule has 0 saturated heterocycles. The van der Waals surface area contributed by atoms with Crippen molar-refractivity contribution in [3.05, 3.63) is 48.3 Å². The van der Waals surface area contributed by atoms with Crippen molar-refractivity contribution < 1.29 is 4.74 Å². The Kier molecular flexibility index (Phi) is 3.22. The number of nitriles is 1. The van der Waals surface area contributed by atoms with Crippen LogP contribution in [0.5, 0.6) is 5.75 Å². The average molecular weight is 225 g/mol. The maximum Gasteiger partial charge on any atom is 0.163 e. The maximum absolute atomic E-state index is 8.94. The number of methoxy groups -OCH3 is 1. The van der Waals surface area contributed by atoms with Gasteiger partial charge in [-0.15, -0.1) is 0 Å². The molecule has 0 aliphatic carbocycles. The molecule has 2 aromatic rings. The molecule has 0 radical (unpaired) electrons. The lowest BCUT2D eigenvalue weighted by Crippen LogP contribution is -1.97. The summed E-state index contributed by atoms with van der Waals surface area (Å²) in [4.78, 5) is 3.98. The van der Waals surface area contributed by atoms with Gasteiger partial charge in [0, 0.05) is 6.20 Å². The Morgan fingerprint density at radius 1 is 1.18 bits per heavy atom. The zero-order valence-corrected chi connectivity index (χ0v) is 9.34. The van der Waals surface area contributed by atoms with E-state index in [0.717, 1.165) is 11.4 Å². The van der Waals surface area contributed by atoms with Crippen LogP contribution >= 0.6 is 0 Å². The highest BCUT2D eigenvalue weighted by atomic mass is 16.5. The van der Waals surface area contributed by atoms with Crippen molar-refractivity contribution in [1.82, 2.24) is 4.98 Å². The van der Waals surface area contributed by atoms with E-state index >= 15 is 0 Å². The summed E-state index contributed by atoms with van der Waals surface area (Å²) >= 11 is 0. The van der Waals surface area contributed by atoms with Crippen molar-refractivity contribution >= 4 is 11.4 Å². The van der Waals surface area contributed by atoms with Crippen LogP contribution in [0.2, 0.25) is 0 Å². The van der Waals surface area contributed by atoms with Crippen LogP contribution in [-0.4, -0.2) is 12.1 Å². The molecule has 0 bridgehead atoms. The van der Waals surface area contributed by atoms with Crippen LogP contribution in [0.3, 0.4) is 0 Å². The average Bonchev–Trinajstić information content (AvgIpc) is 2.40. The van der Waals surface area contributed by atoms with Gasteiger partial charge in [0.2, 0.25) is 0 Å². The van der Waals surface area contributed by atoms with Gasteiger partial charge in [-0.2, -0.15) is 5.26 Å². The highest BCUT2D eigenvalue weighted by Crippen LogP contribution is 2.27. The number of hydrogen-bond acceptors (Lipinski definition) is 4. The topological polar surface area (TPSA) is 57.9 Å². The molecule has 1 heterocycles. The molecule has 84 valence electrons. The predicted octanol–water partition coefficient (Wildman–Crippen LogP) is 2.71. The second-order valence-electron chi connectivity index (χ2n) is 3.34. The summed E-state index contributed by atoms with van der Waals surface area (Å²) in [5.74, 6) is 0.722. The molecule has 0 fully saturated rings. The molecule has 0 aliphatic rings. The quantitative estimate of drug-likeness (QED) is 0.872. The number of benzene rings is 1. The smallest absolute Gasteiger partial charge is 0.163 e. The first-order valence-electron chi connectivity index (χ1n) is 5.10. The predicted molar refractivity (Wildman–Crippen MR) is 65.2 cm³/mol. The summed E-state index contributed by atoms with van der Waals surface area (Å²) in [5.41, 5.74) is 1.83. The van der Waals surface area contributed by atoms with Gasteiger partial charge < -0.3 is 10.1 Å². The molecule has 0 amide bonds. The standard InChI is InChI=1S/C13H11N3O/c1-17-13-7-3-2-5-11(13)16-10-6-4-8-15-12(10)9-14/h2-8,16H,1H3. The van der Waals surface area contributed by atoms with Crippen molar-refractivity contribution in [2.75, 3.05) is 12.4 Å². The van der Waals surface area contributed by atoms with Crippen molar-refractivity contribution in [2.24, 2.45) is 0 Å². The molecular formula is C13H11N3O. The van der Waals surface area contributed by atoms with Crippen molar-refractivity contribution in [3.63, 3.8) is 0 Å². The van der Waals surface area contributed by atoms with Crippen LogP contribution in [0, 0.1) is 11.3 Å². The molecule has 0 aliphatic heterocycles. The minimum Gasteiger partial charge on any atom is -0.495 e. The van der Waals surface area contributed by atoms with Gasteiger partial charge in [0.1, 0.15) is 11.8 Å². The molecule has 1 aromatic heterocycles. The first-order chi connectivity index (χ1) is 8.35. The number of pyridine rings is 1. The summed E-state index contributed by atoms with van der Waals surface area (Å²) in [7, 11) is 1.61. The number of anilines is 2. The van der Waals surface area contributed by atoms with Gasteiger partial charge in [-0.1, -0.05) is 12.1 Å². The fraction of sp³-hybridized carbons (Fsp3) is 0.0769. The highest BCUT2D eigenvalue weighted by Gasteiger charge is 2.05. The second kappa shape index (κ2) is 4.99. The molecule has 1 N–H and O–H groups in total. The van der Waals surface area contributed by atoms with Gasteiger partial charge in [-0.3, -0.25) is 0 Å². The first-order valence-corrected chi connectivity index (χ1v) is 5.10. The zero-order chi connectivity index (χ0) is 12.1. The largest absolute Gasteiger partial charge is 0.495 e. The van der Waals surface area contributed by atoms with Crippen LogP contribution in [0.25, 0.3) is 0 Å². The van der Waals surface area contributed by atoms with Crippen molar-refractivity contribution in [2.45, 2.75) is 0 Å².